The van der Waals surface area contributed by atoms with Crippen LogP contribution in [0, 0.1) is 0 Å². The maximum atomic E-state index is 10.7. The van der Waals surface area contributed by atoms with Crippen LogP contribution in [0.5, 0.6) is 0 Å². The van der Waals surface area contributed by atoms with E-state index in [0.29, 0.717) is 12.4 Å². The third-order valence-corrected chi connectivity index (χ3v) is 2.07. The minimum absolute atomic E-state index is 0.206. The average molecular weight is 214 g/mol. The molecule has 0 aromatic carbocycles. The van der Waals surface area contributed by atoms with Gasteiger partial charge in [-0.25, -0.2) is 4.79 Å². The first-order valence-corrected chi connectivity index (χ1v) is 4.48. The molecule has 84 valence electrons. The van der Waals surface area contributed by atoms with Crippen LogP contribution in [0.2, 0.25) is 0 Å². The zero-order valence-electron chi connectivity index (χ0n) is 8.73. The third-order valence-electron chi connectivity index (χ3n) is 2.07. The molecule has 0 saturated heterocycles. The molecule has 5 heteroatoms. The molecule has 1 aromatic heterocycles. The highest BCUT2D eigenvalue weighted by molar-refractivity contribution is 5.72. The Morgan fingerprint density at radius 1 is 1.60 bits per heavy atom. The predicted molar refractivity (Wildman–Crippen MR) is 51.6 cm³/mol. The molecule has 1 atom stereocenters. The Balaban J connectivity index is 2.69. The lowest BCUT2D eigenvalue weighted by atomic mass is 10.1. The third kappa shape index (κ3) is 3.07. The maximum absolute atomic E-state index is 10.7. The quantitative estimate of drug-likeness (QED) is 0.767. The van der Waals surface area contributed by atoms with Crippen LogP contribution >= 0.6 is 0 Å². The first-order valence-electron chi connectivity index (χ1n) is 4.48. The van der Waals surface area contributed by atoms with Gasteiger partial charge in [0, 0.05) is 26.2 Å². The summed E-state index contributed by atoms with van der Waals surface area (Å²) in [7, 11) is 2.93. The molecule has 1 N–H and O–H groups in total. The fourth-order valence-electron chi connectivity index (χ4n) is 1.27. The lowest BCUT2D eigenvalue weighted by Gasteiger charge is -2.09. The first kappa shape index (κ1) is 11.7. The van der Waals surface area contributed by atoms with Crippen molar-refractivity contribution in [3.8, 4) is 0 Å². The van der Waals surface area contributed by atoms with Crippen LogP contribution in [-0.2, 0) is 27.3 Å². The molecule has 0 bridgehead atoms. The van der Waals surface area contributed by atoms with Gasteiger partial charge in [0.1, 0.15) is 5.76 Å². The van der Waals surface area contributed by atoms with Gasteiger partial charge in [0.25, 0.3) is 0 Å². The molecule has 0 radical (unpaired) electrons. The van der Waals surface area contributed by atoms with E-state index in [4.69, 9.17) is 19.0 Å². The van der Waals surface area contributed by atoms with Gasteiger partial charge in [0.15, 0.2) is 6.10 Å². The molecule has 5 nitrogen and oxygen atoms in total. The van der Waals surface area contributed by atoms with E-state index in [1.54, 1.807) is 13.2 Å². The van der Waals surface area contributed by atoms with E-state index in [1.807, 2.05) is 0 Å². The van der Waals surface area contributed by atoms with Crippen molar-refractivity contribution >= 4 is 5.97 Å². The van der Waals surface area contributed by atoms with Gasteiger partial charge in [0.2, 0.25) is 0 Å². The van der Waals surface area contributed by atoms with Crippen LogP contribution in [-0.4, -0.2) is 31.4 Å². The zero-order chi connectivity index (χ0) is 11.3. The first-order chi connectivity index (χ1) is 7.19. The summed E-state index contributed by atoms with van der Waals surface area (Å²) >= 11 is 0. The van der Waals surface area contributed by atoms with Gasteiger partial charge >= 0.3 is 5.97 Å². The molecule has 0 amide bonds. The number of carboxylic acids is 1. The topological polar surface area (TPSA) is 68.9 Å². The largest absolute Gasteiger partial charge is 0.479 e. The number of hydrogen-bond acceptors (Lipinski definition) is 4. The monoisotopic (exact) mass is 214 g/mol. The number of furan rings is 1. The Morgan fingerprint density at radius 2 is 2.33 bits per heavy atom. The lowest BCUT2D eigenvalue weighted by molar-refractivity contribution is -0.148. The summed E-state index contributed by atoms with van der Waals surface area (Å²) in [4.78, 5) is 10.7. The van der Waals surface area contributed by atoms with E-state index in [9.17, 15) is 4.79 Å². The van der Waals surface area contributed by atoms with Gasteiger partial charge in [-0.15, -0.1) is 0 Å². The number of aliphatic carboxylic acids is 1. The lowest BCUT2D eigenvalue weighted by Crippen LogP contribution is -2.25. The highest BCUT2D eigenvalue weighted by Gasteiger charge is 2.20. The molecule has 1 heterocycles. The van der Waals surface area contributed by atoms with Crippen molar-refractivity contribution < 1.29 is 23.8 Å². The van der Waals surface area contributed by atoms with Crippen LogP contribution in [0.4, 0.5) is 0 Å². The molecule has 1 unspecified atom stereocenters. The van der Waals surface area contributed by atoms with Crippen LogP contribution in [0.1, 0.15) is 11.3 Å². The Bertz CT molecular complexity index is 317. The Kier molecular flexibility index (Phi) is 4.33. The van der Waals surface area contributed by atoms with Crippen molar-refractivity contribution in [1.29, 1.82) is 0 Å². The fraction of sp³-hybridized carbons (Fsp3) is 0.500. The van der Waals surface area contributed by atoms with Crippen molar-refractivity contribution in [2.75, 3.05) is 14.2 Å². The van der Waals surface area contributed by atoms with Gasteiger partial charge in [-0.3, -0.25) is 0 Å². The molecule has 0 aliphatic rings. The summed E-state index contributed by atoms with van der Waals surface area (Å²) in [5, 5.41) is 8.79. The van der Waals surface area contributed by atoms with E-state index in [0.717, 1.165) is 5.56 Å². The molecule has 1 rings (SSSR count). The number of carboxylic acid groups (broad SMARTS) is 1. The highest BCUT2D eigenvalue weighted by Crippen LogP contribution is 2.15. The fourth-order valence-corrected chi connectivity index (χ4v) is 1.27. The summed E-state index contributed by atoms with van der Waals surface area (Å²) in [6.45, 7) is 0.405. The molecule has 0 spiro atoms. The molecule has 15 heavy (non-hydrogen) atoms. The van der Waals surface area contributed by atoms with Gasteiger partial charge in [-0.05, 0) is 6.07 Å². The second-order valence-electron chi connectivity index (χ2n) is 3.07. The standard InChI is InChI=1S/C10H14O5/c1-13-6-7-3-4-15-8(7)5-9(14-2)10(11)12/h3-4,9H,5-6H2,1-2H3,(H,11,12). The van der Waals surface area contributed by atoms with Crippen molar-refractivity contribution in [2.45, 2.75) is 19.1 Å². The van der Waals surface area contributed by atoms with Crippen molar-refractivity contribution in [2.24, 2.45) is 0 Å². The minimum Gasteiger partial charge on any atom is -0.479 e. The van der Waals surface area contributed by atoms with E-state index in [1.165, 1.54) is 13.4 Å². The number of carbonyl (C=O) groups is 1. The van der Waals surface area contributed by atoms with Gasteiger partial charge in [0.05, 0.1) is 12.9 Å². The number of ether oxygens (including phenoxy) is 2. The Hall–Kier alpha value is -1.33. The molecule has 1 aromatic rings. The zero-order valence-corrected chi connectivity index (χ0v) is 8.73. The molecule has 0 aliphatic carbocycles. The summed E-state index contributed by atoms with van der Waals surface area (Å²) < 4.78 is 14.9. The Labute approximate surface area is 87.6 Å². The van der Waals surface area contributed by atoms with Crippen molar-refractivity contribution in [1.82, 2.24) is 0 Å². The summed E-state index contributed by atoms with van der Waals surface area (Å²) in [6, 6.07) is 1.76. The molecular weight excluding hydrogens is 200 g/mol. The second kappa shape index (κ2) is 5.53. The number of hydrogen-bond donors (Lipinski definition) is 1. The van der Waals surface area contributed by atoms with Crippen molar-refractivity contribution in [3.63, 3.8) is 0 Å². The molecule has 0 aliphatic heterocycles. The normalized spacial score (nSPS) is 12.7. The predicted octanol–water partition coefficient (Wildman–Crippen LogP) is 1.07. The van der Waals surface area contributed by atoms with Crippen molar-refractivity contribution in [3.05, 3.63) is 23.7 Å². The van der Waals surface area contributed by atoms with E-state index in [-0.39, 0.29) is 6.42 Å². The van der Waals surface area contributed by atoms with Crippen LogP contribution in [0.15, 0.2) is 16.7 Å². The van der Waals surface area contributed by atoms with Gasteiger partial charge < -0.3 is 19.0 Å². The Morgan fingerprint density at radius 3 is 2.87 bits per heavy atom. The van der Waals surface area contributed by atoms with Gasteiger partial charge in [-0.2, -0.15) is 0 Å². The van der Waals surface area contributed by atoms with Gasteiger partial charge in [-0.1, -0.05) is 0 Å². The molecular formula is C10H14O5. The van der Waals surface area contributed by atoms with E-state index >= 15 is 0 Å². The van der Waals surface area contributed by atoms with E-state index in [2.05, 4.69) is 0 Å². The van der Waals surface area contributed by atoms with E-state index < -0.39 is 12.1 Å². The SMILES string of the molecule is COCc1ccoc1CC(OC)C(=O)O. The molecule has 0 saturated carbocycles. The molecule has 0 fully saturated rings. The number of methoxy groups -OCH3 is 2. The second-order valence-corrected chi connectivity index (χ2v) is 3.07. The summed E-state index contributed by atoms with van der Waals surface area (Å²) in [5.41, 5.74) is 0.848. The summed E-state index contributed by atoms with van der Waals surface area (Å²) in [6.07, 6.45) is 0.835. The van der Waals surface area contributed by atoms with Crippen LogP contribution < -0.4 is 0 Å². The average Bonchev–Trinajstić information content (AvgIpc) is 2.62. The van der Waals surface area contributed by atoms with Crippen LogP contribution in [0.3, 0.4) is 0 Å². The minimum atomic E-state index is -1.00. The number of rotatable bonds is 6. The maximum Gasteiger partial charge on any atom is 0.333 e. The highest BCUT2D eigenvalue weighted by atomic mass is 16.5. The summed E-state index contributed by atoms with van der Waals surface area (Å²) in [5.74, 6) is -0.414. The van der Waals surface area contributed by atoms with Crippen LogP contribution in [0.25, 0.3) is 0 Å². The smallest absolute Gasteiger partial charge is 0.333 e.